The lowest BCUT2D eigenvalue weighted by molar-refractivity contribution is -0.420. The highest BCUT2D eigenvalue weighted by Crippen LogP contribution is 2.30. The van der Waals surface area contributed by atoms with Gasteiger partial charge in [0.15, 0.2) is 0 Å². The highest BCUT2D eigenvalue weighted by Gasteiger charge is 2.26. The summed E-state index contributed by atoms with van der Waals surface area (Å²) in [5.74, 6) is 0. The molecule has 0 saturated heterocycles. The molecule has 2 aromatic rings. The first-order valence-corrected chi connectivity index (χ1v) is 7.63. The molecule has 3 rings (SSSR count). The first-order chi connectivity index (χ1) is 10.2. The minimum atomic E-state index is -1.57. The fraction of sp³-hybridized carbons (Fsp3) is 0.133. The van der Waals surface area contributed by atoms with Crippen LogP contribution in [0.25, 0.3) is 10.8 Å². The van der Waals surface area contributed by atoms with E-state index in [-0.39, 0.29) is 10.6 Å². The topological polar surface area (TPSA) is 73.1 Å². The molecule has 0 amide bonds. The van der Waals surface area contributed by atoms with Gasteiger partial charge >= 0.3 is 0 Å². The fourth-order valence-corrected chi connectivity index (χ4v) is 3.79. The van der Waals surface area contributed by atoms with E-state index in [0.717, 1.165) is 10.8 Å². The van der Waals surface area contributed by atoms with Gasteiger partial charge in [-0.3, -0.25) is 15.1 Å². The number of nitro groups is 1. The van der Waals surface area contributed by atoms with Gasteiger partial charge in [-0.05, 0) is 31.1 Å². The molecule has 0 spiro atoms. The van der Waals surface area contributed by atoms with Crippen molar-refractivity contribution >= 4 is 21.6 Å². The molecule has 1 aromatic carbocycles. The predicted molar refractivity (Wildman–Crippen MR) is 80.5 cm³/mol. The van der Waals surface area contributed by atoms with Gasteiger partial charge < -0.3 is 0 Å². The average Bonchev–Trinajstić information content (AvgIpc) is 2.53. The van der Waals surface area contributed by atoms with Crippen molar-refractivity contribution < 1.29 is 9.13 Å². The lowest BCUT2D eigenvalue weighted by Gasteiger charge is -2.11. The van der Waals surface area contributed by atoms with E-state index in [1.54, 1.807) is 42.7 Å². The smallest absolute Gasteiger partial charge is 0.264 e. The van der Waals surface area contributed by atoms with Gasteiger partial charge in [-0.2, -0.15) is 0 Å². The molecule has 1 unspecified atom stereocenters. The van der Waals surface area contributed by atoms with Gasteiger partial charge in [-0.15, -0.1) is 0 Å². The number of benzene rings is 1. The summed E-state index contributed by atoms with van der Waals surface area (Å²) in [6.07, 6.45) is 7.84. The molecule has 1 aliphatic rings. The van der Waals surface area contributed by atoms with E-state index in [0.29, 0.717) is 17.7 Å². The monoisotopic (exact) mass is 300 g/mol. The van der Waals surface area contributed by atoms with Crippen molar-refractivity contribution in [3.8, 4) is 0 Å². The Bertz CT molecular complexity index is 806. The third-order valence-corrected chi connectivity index (χ3v) is 4.85. The van der Waals surface area contributed by atoms with Crippen LogP contribution in [0.2, 0.25) is 0 Å². The van der Waals surface area contributed by atoms with Gasteiger partial charge in [0.1, 0.15) is 4.91 Å². The molecule has 106 valence electrons. The van der Waals surface area contributed by atoms with E-state index in [4.69, 9.17) is 0 Å². The first kappa shape index (κ1) is 13.6. The Morgan fingerprint density at radius 3 is 2.81 bits per heavy atom. The average molecular weight is 300 g/mol. The quantitative estimate of drug-likeness (QED) is 0.644. The van der Waals surface area contributed by atoms with E-state index < -0.39 is 15.7 Å². The second kappa shape index (κ2) is 5.57. The van der Waals surface area contributed by atoms with Crippen molar-refractivity contribution in [2.75, 3.05) is 0 Å². The Balaban J connectivity index is 2.11. The summed E-state index contributed by atoms with van der Waals surface area (Å²) in [7, 11) is -1.57. The van der Waals surface area contributed by atoms with Crippen LogP contribution in [-0.2, 0) is 10.8 Å². The van der Waals surface area contributed by atoms with Gasteiger partial charge in [0.05, 0.1) is 20.6 Å². The molecule has 0 saturated carbocycles. The second-order valence-corrected chi connectivity index (χ2v) is 6.03. The highest BCUT2D eigenvalue weighted by atomic mass is 32.2. The molecule has 1 atom stereocenters. The third kappa shape index (κ3) is 2.50. The van der Waals surface area contributed by atoms with Gasteiger partial charge in [-0.25, -0.2) is 4.21 Å². The maximum Gasteiger partial charge on any atom is 0.281 e. The SMILES string of the molecule is O=[N+]([O-])C1=CCCC=C1S(=O)c1cccc2cnccc12. The molecule has 5 nitrogen and oxygen atoms in total. The number of allylic oxidation sites excluding steroid dienone is 2. The Morgan fingerprint density at radius 2 is 2.00 bits per heavy atom. The summed E-state index contributed by atoms with van der Waals surface area (Å²) >= 11 is 0. The maximum atomic E-state index is 12.8. The molecule has 1 aromatic heterocycles. The number of aromatic nitrogens is 1. The highest BCUT2D eigenvalue weighted by molar-refractivity contribution is 7.89. The lowest BCUT2D eigenvalue weighted by atomic mass is 10.1. The molecule has 0 aliphatic heterocycles. The minimum Gasteiger partial charge on any atom is -0.264 e. The van der Waals surface area contributed by atoms with Crippen LogP contribution in [0.3, 0.4) is 0 Å². The number of hydrogen-bond acceptors (Lipinski definition) is 4. The molecule has 0 bridgehead atoms. The number of fused-ring (bicyclic) bond motifs is 1. The first-order valence-electron chi connectivity index (χ1n) is 6.48. The van der Waals surface area contributed by atoms with Crippen LogP contribution in [0, 0.1) is 10.1 Å². The summed E-state index contributed by atoms with van der Waals surface area (Å²) in [6, 6.07) is 7.19. The van der Waals surface area contributed by atoms with Crippen LogP contribution in [0.5, 0.6) is 0 Å². The third-order valence-electron chi connectivity index (χ3n) is 3.32. The Hall–Kier alpha value is -2.34. The molecule has 21 heavy (non-hydrogen) atoms. The number of hydrogen-bond donors (Lipinski definition) is 0. The molecule has 0 N–H and O–H groups in total. The van der Waals surface area contributed by atoms with Crippen LogP contribution in [0.1, 0.15) is 12.8 Å². The summed E-state index contributed by atoms with van der Waals surface area (Å²) in [5.41, 5.74) is -0.0503. The van der Waals surface area contributed by atoms with E-state index in [2.05, 4.69) is 4.98 Å². The van der Waals surface area contributed by atoms with Crippen molar-refractivity contribution in [3.63, 3.8) is 0 Å². The van der Waals surface area contributed by atoms with E-state index in [9.17, 15) is 14.3 Å². The molecule has 0 radical (unpaired) electrons. The van der Waals surface area contributed by atoms with Crippen molar-refractivity contribution in [2.24, 2.45) is 0 Å². The van der Waals surface area contributed by atoms with Crippen LogP contribution >= 0.6 is 0 Å². The van der Waals surface area contributed by atoms with Gasteiger partial charge in [-0.1, -0.05) is 18.2 Å². The summed E-state index contributed by atoms with van der Waals surface area (Å²) in [6.45, 7) is 0. The predicted octanol–water partition coefficient (Wildman–Crippen LogP) is 3.18. The fourth-order valence-electron chi connectivity index (χ4n) is 2.35. The molecule has 1 heterocycles. The van der Waals surface area contributed by atoms with E-state index in [1.165, 1.54) is 0 Å². The normalized spacial score (nSPS) is 16.2. The van der Waals surface area contributed by atoms with Crippen molar-refractivity contribution in [3.05, 3.63) is 69.5 Å². The summed E-state index contributed by atoms with van der Waals surface area (Å²) in [4.78, 5) is 15.6. The van der Waals surface area contributed by atoms with E-state index >= 15 is 0 Å². The zero-order valence-corrected chi connectivity index (χ0v) is 11.9. The van der Waals surface area contributed by atoms with Gasteiger partial charge in [0.2, 0.25) is 0 Å². The van der Waals surface area contributed by atoms with Gasteiger partial charge in [0, 0.05) is 23.2 Å². The van der Waals surface area contributed by atoms with Crippen molar-refractivity contribution in [2.45, 2.75) is 17.7 Å². The second-order valence-electron chi connectivity index (χ2n) is 4.61. The lowest BCUT2D eigenvalue weighted by Crippen LogP contribution is -2.10. The van der Waals surface area contributed by atoms with Crippen LogP contribution in [0.15, 0.2) is 64.3 Å². The van der Waals surface area contributed by atoms with Crippen molar-refractivity contribution in [1.82, 2.24) is 4.98 Å². The van der Waals surface area contributed by atoms with Crippen molar-refractivity contribution in [1.29, 1.82) is 0 Å². The molecule has 6 heteroatoms. The van der Waals surface area contributed by atoms with E-state index in [1.807, 2.05) is 6.07 Å². The Morgan fingerprint density at radius 1 is 1.19 bits per heavy atom. The zero-order valence-electron chi connectivity index (χ0n) is 11.1. The Labute approximate surface area is 123 Å². The summed E-state index contributed by atoms with van der Waals surface area (Å²) < 4.78 is 12.8. The number of nitrogens with zero attached hydrogens (tertiary/aromatic N) is 2. The molecular weight excluding hydrogens is 288 g/mol. The van der Waals surface area contributed by atoms with Crippen LogP contribution in [0.4, 0.5) is 0 Å². The standard InChI is InChI=1S/C15H12N2O3S/c18-17(19)13-5-1-2-6-15(13)21(20)14-7-3-4-11-10-16-9-8-12(11)14/h3-10H,1-2H2. The largest absolute Gasteiger partial charge is 0.281 e. The maximum absolute atomic E-state index is 12.8. The number of rotatable bonds is 3. The van der Waals surface area contributed by atoms with Gasteiger partial charge in [0.25, 0.3) is 5.70 Å². The van der Waals surface area contributed by atoms with Crippen LogP contribution in [-0.4, -0.2) is 14.1 Å². The molecular formula is C15H12N2O3S. The summed E-state index contributed by atoms with van der Waals surface area (Å²) in [5, 5.41) is 12.8. The minimum absolute atomic E-state index is 0.0503. The Kier molecular flexibility index (Phi) is 3.62. The zero-order chi connectivity index (χ0) is 14.8. The number of pyridine rings is 1. The molecule has 0 fully saturated rings. The molecule has 1 aliphatic carbocycles. The van der Waals surface area contributed by atoms with Crippen LogP contribution < -0.4 is 0 Å².